The standard InChI is InChI=1S/C29H35F2N4O7PS/c30-29(31,43(39,40)41)18-1-4-24-17(8-18)11-25(44-24)27(37)33-22-10-16-7-15(16)9-20-2-3-23(35(20)28(22)38)26(36)32-19-5-6-34(12-19)21-13-42-14-21/h1,4,8,11,15-16,19-23H,2-3,5-7,9-10,12-14H2,(H,32,36)(H,33,37)(H2,39,40,41)/t15-,16+,19-,20-,22+,23+/m1/s1. The van der Waals surface area contributed by atoms with Gasteiger partial charge in [-0.25, -0.2) is 0 Å². The van der Waals surface area contributed by atoms with E-state index in [1.807, 2.05) is 0 Å². The fourth-order valence-electron chi connectivity index (χ4n) is 7.35. The van der Waals surface area contributed by atoms with Gasteiger partial charge in [0.15, 0.2) is 0 Å². The molecular formula is C29H35F2N4O7PS. The Balaban J connectivity index is 1.06. The Labute approximate surface area is 256 Å². The van der Waals surface area contributed by atoms with Crippen LogP contribution in [0.3, 0.4) is 0 Å². The van der Waals surface area contributed by atoms with Crippen LogP contribution in [-0.4, -0.2) is 93.8 Å². The van der Waals surface area contributed by atoms with Crippen LogP contribution in [0.1, 0.15) is 53.8 Å². The van der Waals surface area contributed by atoms with E-state index in [0.717, 1.165) is 75.5 Å². The van der Waals surface area contributed by atoms with Crippen molar-refractivity contribution in [3.05, 3.63) is 34.7 Å². The van der Waals surface area contributed by atoms with Gasteiger partial charge in [-0.05, 0) is 73.9 Å². The smallest absolute Gasteiger partial charge is 0.378 e. The Morgan fingerprint density at radius 3 is 2.52 bits per heavy atom. The molecule has 0 radical (unpaired) electrons. The first-order chi connectivity index (χ1) is 20.9. The van der Waals surface area contributed by atoms with Gasteiger partial charge in [0.25, 0.3) is 5.91 Å². The first kappa shape index (κ1) is 30.2. The van der Waals surface area contributed by atoms with E-state index >= 15 is 0 Å². The molecule has 1 aromatic carbocycles. The lowest BCUT2D eigenvalue weighted by atomic mass is 9.99. The summed E-state index contributed by atoms with van der Waals surface area (Å²) in [5.41, 5.74) is -5.21. The highest BCUT2D eigenvalue weighted by Crippen LogP contribution is 2.59. The number of halogens is 2. The molecule has 5 fully saturated rings. The van der Waals surface area contributed by atoms with E-state index in [9.17, 15) is 27.7 Å². The molecule has 4 N–H and O–H groups in total. The molecule has 1 aromatic heterocycles. The van der Waals surface area contributed by atoms with Crippen molar-refractivity contribution in [1.82, 2.24) is 20.4 Å². The Morgan fingerprint density at radius 2 is 1.80 bits per heavy atom. The Bertz CT molecular complexity index is 1550. The molecule has 4 aliphatic heterocycles. The van der Waals surface area contributed by atoms with Crippen LogP contribution in [-0.2, 0) is 24.6 Å². The number of alkyl halides is 2. The molecular weight excluding hydrogens is 617 g/mol. The molecule has 5 heterocycles. The molecule has 15 heteroatoms. The van der Waals surface area contributed by atoms with Crippen LogP contribution < -0.4 is 10.6 Å². The largest absolute Gasteiger partial charge is 0.399 e. The Kier molecular flexibility index (Phi) is 7.61. The van der Waals surface area contributed by atoms with Gasteiger partial charge in [0.1, 0.15) is 12.1 Å². The number of nitrogens with one attached hydrogen (secondary N) is 2. The molecule has 1 aliphatic carbocycles. The van der Waals surface area contributed by atoms with Crippen molar-refractivity contribution in [3.8, 4) is 0 Å². The number of nitrogens with zero attached hydrogens (tertiary/aromatic N) is 2. The zero-order chi connectivity index (χ0) is 31.0. The van der Waals surface area contributed by atoms with E-state index in [4.69, 9.17) is 14.5 Å². The molecule has 238 valence electrons. The second kappa shape index (κ2) is 11.1. The van der Waals surface area contributed by atoms with E-state index in [0.29, 0.717) is 35.4 Å². The summed E-state index contributed by atoms with van der Waals surface area (Å²) in [7, 11) is -5.74. The summed E-state index contributed by atoms with van der Waals surface area (Å²) >= 11 is 1.04. The van der Waals surface area contributed by atoms with E-state index in [-0.39, 0.29) is 34.2 Å². The van der Waals surface area contributed by atoms with Crippen molar-refractivity contribution >= 4 is 46.7 Å². The van der Waals surface area contributed by atoms with E-state index in [1.165, 1.54) is 12.1 Å². The van der Waals surface area contributed by atoms with E-state index in [2.05, 4.69) is 15.5 Å². The highest BCUT2D eigenvalue weighted by Gasteiger charge is 2.52. The number of benzene rings is 1. The second-order valence-electron chi connectivity index (χ2n) is 12.9. The number of amides is 3. The number of hydrogen-bond donors (Lipinski definition) is 4. The number of ether oxygens (including phenoxy) is 1. The van der Waals surface area contributed by atoms with Crippen molar-refractivity contribution in [3.63, 3.8) is 0 Å². The third-order valence-electron chi connectivity index (χ3n) is 10.0. The number of carbonyl (C=O) groups excluding carboxylic acids is 3. The summed E-state index contributed by atoms with van der Waals surface area (Å²) < 4.78 is 45.7. The number of rotatable bonds is 7. The zero-order valence-corrected chi connectivity index (χ0v) is 25.6. The van der Waals surface area contributed by atoms with Crippen LogP contribution in [0, 0.1) is 11.8 Å². The third kappa shape index (κ3) is 5.47. The molecule has 3 amide bonds. The molecule has 44 heavy (non-hydrogen) atoms. The first-order valence-corrected chi connectivity index (χ1v) is 17.5. The maximum Gasteiger partial charge on any atom is 0.399 e. The van der Waals surface area contributed by atoms with Gasteiger partial charge >= 0.3 is 13.3 Å². The van der Waals surface area contributed by atoms with Crippen molar-refractivity contribution in [2.75, 3.05) is 26.3 Å². The number of fused-ring (bicyclic) bond motifs is 3. The van der Waals surface area contributed by atoms with Crippen LogP contribution in [0.25, 0.3) is 10.1 Å². The molecule has 0 bridgehead atoms. The minimum absolute atomic E-state index is 0.0189. The second-order valence-corrected chi connectivity index (χ2v) is 15.6. The number of carbonyl (C=O) groups is 3. The maximum atomic E-state index is 14.3. The molecule has 11 nitrogen and oxygen atoms in total. The van der Waals surface area contributed by atoms with Gasteiger partial charge in [0.05, 0.1) is 24.1 Å². The van der Waals surface area contributed by atoms with Crippen LogP contribution in [0.2, 0.25) is 0 Å². The lowest BCUT2D eigenvalue weighted by Crippen LogP contribution is -2.57. The predicted molar refractivity (Wildman–Crippen MR) is 156 cm³/mol. The molecule has 4 saturated heterocycles. The van der Waals surface area contributed by atoms with Crippen LogP contribution in [0.4, 0.5) is 8.78 Å². The number of hydrogen-bond acceptors (Lipinski definition) is 7. The van der Waals surface area contributed by atoms with Gasteiger partial charge in [-0.3, -0.25) is 23.8 Å². The van der Waals surface area contributed by atoms with Gasteiger partial charge in [0, 0.05) is 35.4 Å². The average Bonchev–Trinajstić information content (AvgIpc) is 3.29. The summed E-state index contributed by atoms with van der Waals surface area (Å²) in [6, 6.07) is 3.54. The van der Waals surface area contributed by atoms with Crippen molar-refractivity contribution in [1.29, 1.82) is 0 Å². The molecule has 0 spiro atoms. The minimum atomic E-state index is -5.74. The lowest BCUT2D eigenvalue weighted by Gasteiger charge is -2.36. The molecule has 5 aliphatic rings. The van der Waals surface area contributed by atoms with Crippen LogP contribution >= 0.6 is 18.9 Å². The minimum Gasteiger partial charge on any atom is -0.378 e. The number of likely N-dealkylation sites (tertiary alicyclic amines) is 1. The van der Waals surface area contributed by atoms with Gasteiger partial charge in [-0.2, -0.15) is 8.78 Å². The van der Waals surface area contributed by atoms with Gasteiger partial charge in [-0.1, -0.05) is 6.07 Å². The Morgan fingerprint density at radius 1 is 1.02 bits per heavy atom. The highest BCUT2D eigenvalue weighted by molar-refractivity contribution is 7.52. The summed E-state index contributed by atoms with van der Waals surface area (Å²) in [5.74, 6) is -0.186. The zero-order valence-electron chi connectivity index (χ0n) is 23.9. The number of thiophene rings is 1. The molecule has 7 rings (SSSR count). The summed E-state index contributed by atoms with van der Waals surface area (Å²) in [6.45, 7) is 3.10. The van der Waals surface area contributed by atoms with Gasteiger partial charge in [-0.15, -0.1) is 11.3 Å². The third-order valence-corrected chi connectivity index (χ3v) is 12.1. The molecule has 2 aromatic rings. The summed E-state index contributed by atoms with van der Waals surface area (Å²) in [4.78, 5) is 63.4. The first-order valence-electron chi connectivity index (χ1n) is 15.1. The maximum absolute atomic E-state index is 14.3. The monoisotopic (exact) mass is 652 g/mol. The fourth-order valence-corrected chi connectivity index (χ4v) is 8.78. The highest BCUT2D eigenvalue weighted by atomic mass is 32.1. The fraction of sp³-hybridized carbons (Fsp3) is 0.621. The lowest BCUT2D eigenvalue weighted by molar-refractivity contribution is -0.143. The molecule has 0 unspecified atom stereocenters. The topological polar surface area (TPSA) is 149 Å². The average molecular weight is 653 g/mol. The normalized spacial score (nSPS) is 31.2. The predicted octanol–water partition coefficient (Wildman–Crippen LogP) is 2.61. The van der Waals surface area contributed by atoms with Crippen LogP contribution in [0.15, 0.2) is 24.3 Å². The summed E-state index contributed by atoms with van der Waals surface area (Å²) in [6.07, 6.45) is 4.47. The van der Waals surface area contributed by atoms with Crippen molar-refractivity contribution < 1.29 is 42.3 Å². The van der Waals surface area contributed by atoms with Gasteiger partial charge in [0.2, 0.25) is 11.8 Å². The van der Waals surface area contributed by atoms with Crippen LogP contribution in [0.5, 0.6) is 0 Å². The summed E-state index contributed by atoms with van der Waals surface area (Å²) in [5, 5.41) is 6.30. The van der Waals surface area contributed by atoms with Crippen molar-refractivity contribution in [2.45, 2.75) is 74.4 Å². The molecule has 1 saturated carbocycles. The van der Waals surface area contributed by atoms with E-state index in [1.54, 1.807) is 4.90 Å². The SMILES string of the molecule is O=C(N[C@H]1C[C@@H]2C[C@@H]2C[C@H]2CC[C@@H](C(=O)N[C@@H]3CCN(C4COC4)C3)N2C1=O)c1cc2cc(C(F)(F)P(=O)(O)O)ccc2s1. The van der Waals surface area contributed by atoms with Crippen molar-refractivity contribution in [2.24, 2.45) is 11.8 Å². The quantitative estimate of drug-likeness (QED) is 0.334. The molecule has 6 atom stereocenters. The Hall–Kier alpha value is -2.48. The van der Waals surface area contributed by atoms with Gasteiger partial charge < -0.3 is 30.1 Å². The van der Waals surface area contributed by atoms with E-state index < -0.39 is 36.8 Å².